The fraction of sp³-hybridized carbons (Fsp3) is 0.407. The molecule has 184 valence electrons. The minimum absolute atomic E-state index is 0.0382. The molecule has 3 heterocycles. The molecule has 1 fully saturated rings. The Morgan fingerprint density at radius 3 is 2.66 bits per heavy atom. The molecule has 1 unspecified atom stereocenters. The maximum Gasteiger partial charge on any atom is 0.255 e. The van der Waals surface area contributed by atoms with E-state index in [1.807, 2.05) is 50.2 Å². The number of fused-ring (bicyclic) bond motifs is 5. The SMILES string of the molecule is CCOc1c(OC)cccc1C1CN2C(=O)CN(CCOC)C(=O)[C@]2(C)c2[nH]c3ccccc3c21. The van der Waals surface area contributed by atoms with Gasteiger partial charge in [0.25, 0.3) is 5.91 Å². The van der Waals surface area contributed by atoms with Gasteiger partial charge < -0.3 is 29.0 Å². The number of nitrogens with one attached hydrogen (secondary N) is 1. The van der Waals surface area contributed by atoms with E-state index in [2.05, 4.69) is 11.1 Å². The summed E-state index contributed by atoms with van der Waals surface area (Å²) < 4.78 is 16.9. The van der Waals surface area contributed by atoms with Gasteiger partial charge >= 0.3 is 0 Å². The van der Waals surface area contributed by atoms with Gasteiger partial charge in [0.1, 0.15) is 0 Å². The minimum Gasteiger partial charge on any atom is -0.493 e. The highest BCUT2D eigenvalue weighted by atomic mass is 16.5. The average molecular weight is 478 g/mol. The number of aromatic amines is 1. The van der Waals surface area contributed by atoms with Gasteiger partial charge in [-0.1, -0.05) is 30.3 Å². The number of methoxy groups -OCH3 is 2. The molecule has 2 amide bonds. The summed E-state index contributed by atoms with van der Waals surface area (Å²) in [7, 11) is 3.22. The summed E-state index contributed by atoms with van der Waals surface area (Å²) in [5, 5.41) is 1.04. The van der Waals surface area contributed by atoms with E-state index < -0.39 is 5.54 Å². The van der Waals surface area contributed by atoms with E-state index in [1.165, 1.54) is 0 Å². The Balaban J connectivity index is 1.74. The quantitative estimate of drug-likeness (QED) is 0.565. The second-order valence-corrected chi connectivity index (χ2v) is 9.12. The van der Waals surface area contributed by atoms with E-state index in [-0.39, 0.29) is 24.3 Å². The monoisotopic (exact) mass is 477 g/mol. The molecular formula is C27H31N3O5. The maximum absolute atomic E-state index is 13.9. The smallest absolute Gasteiger partial charge is 0.255 e. The van der Waals surface area contributed by atoms with Gasteiger partial charge in [-0.15, -0.1) is 0 Å². The third-order valence-electron chi connectivity index (χ3n) is 7.28. The van der Waals surface area contributed by atoms with E-state index >= 15 is 0 Å². The second-order valence-electron chi connectivity index (χ2n) is 9.12. The number of hydrogen-bond donors (Lipinski definition) is 1. The lowest BCUT2D eigenvalue weighted by molar-refractivity contribution is -0.166. The molecule has 1 aromatic heterocycles. The number of nitrogens with zero attached hydrogens (tertiary/aromatic N) is 2. The van der Waals surface area contributed by atoms with Crippen molar-refractivity contribution >= 4 is 22.7 Å². The van der Waals surface area contributed by atoms with Crippen molar-refractivity contribution in [2.45, 2.75) is 25.3 Å². The highest BCUT2D eigenvalue weighted by Crippen LogP contribution is 2.50. The standard InChI is InChI=1S/C27H31N3O5/c1-5-35-24-17(10-8-12-21(24)34-4)19-15-30-22(31)16-29(13-14-33-3)26(32)27(30,2)25-23(19)18-9-6-7-11-20(18)28-25/h6-12,19,28H,5,13-16H2,1-4H3/t19?,27-/m0/s1. The molecule has 0 radical (unpaired) electrons. The topological polar surface area (TPSA) is 84.1 Å². The highest BCUT2D eigenvalue weighted by molar-refractivity contribution is 6.01. The van der Waals surface area contributed by atoms with E-state index in [0.717, 1.165) is 27.7 Å². The summed E-state index contributed by atoms with van der Waals surface area (Å²) in [5.74, 6) is 0.924. The van der Waals surface area contributed by atoms with Crippen LogP contribution in [0, 0.1) is 0 Å². The molecule has 3 aromatic rings. The van der Waals surface area contributed by atoms with Gasteiger partial charge in [0, 0.05) is 42.6 Å². The molecule has 5 rings (SSSR count). The van der Waals surface area contributed by atoms with E-state index in [1.54, 1.807) is 24.0 Å². The molecule has 0 saturated carbocycles. The van der Waals surface area contributed by atoms with Crippen molar-refractivity contribution in [3.63, 3.8) is 0 Å². The van der Waals surface area contributed by atoms with Crippen molar-refractivity contribution in [2.24, 2.45) is 0 Å². The summed E-state index contributed by atoms with van der Waals surface area (Å²) in [6, 6.07) is 13.9. The van der Waals surface area contributed by atoms with Crippen molar-refractivity contribution in [3.05, 3.63) is 59.3 Å². The molecule has 0 spiro atoms. The van der Waals surface area contributed by atoms with Crippen molar-refractivity contribution < 1.29 is 23.8 Å². The van der Waals surface area contributed by atoms with Crippen LogP contribution in [0.4, 0.5) is 0 Å². The lowest BCUT2D eigenvalue weighted by atomic mass is 9.76. The van der Waals surface area contributed by atoms with E-state index in [0.29, 0.717) is 37.8 Å². The summed E-state index contributed by atoms with van der Waals surface area (Å²) in [6.45, 7) is 5.41. The lowest BCUT2D eigenvalue weighted by Gasteiger charge is -2.51. The van der Waals surface area contributed by atoms with Gasteiger partial charge in [0.2, 0.25) is 5.91 Å². The molecule has 0 bridgehead atoms. The first kappa shape index (κ1) is 23.2. The number of ether oxygens (including phenoxy) is 3. The third kappa shape index (κ3) is 3.46. The Morgan fingerprint density at radius 2 is 1.91 bits per heavy atom. The molecule has 2 aliphatic heterocycles. The Hall–Kier alpha value is -3.52. The maximum atomic E-state index is 13.9. The Bertz CT molecular complexity index is 1290. The Morgan fingerprint density at radius 1 is 1.11 bits per heavy atom. The number of hydrogen-bond acceptors (Lipinski definition) is 5. The summed E-state index contributed by atoms with van der Waals surface area (Å²) in [5.41, 5.74) is 2.49. The predicted molar refractivity (Wildman–Crippen MR) is 132 cm³/mol. The fourth-order valence-electron chi connectivity index (χ4n) is 5.61. The number of carbonyl (C=O) groups excluding carboxylic acids is 2. The predicted octanol–water partition coefficient (Wildman–Crippen LogP) is 3.25. The molecule has 8 nitrogen and oxygen atoms in total. The third-order valence-corrected chi connectivity index (χ3v) is 7.28. The number of rotatable bonds is 7. The number of aromatic nitrogens is 1. The number of piperazine rings is 1. The average Bonchev–Trinajstić information content (AvgIpc) is 3.27. The number of amides is 2. The summed E-state index contributed by atoms with van der Waals surface area (Å²) in [6.07, 6.45) is 0. The van der Waals surface area contributed by atoms with Crippen LogP contribution in [-0.4, -0.2) is 73.7 Å². The molecule has 35 heavy (non-hydrogen) atoms. The summed E-state index contributed by atoms with van der Waals surface area (Å²) in [4.78, 5) is 34.3. The number of para-hydroxylation sites is 2. The largest absolute Gasteiger partial charge is 0.493 e. The van der Waals surface area contributed by atoms with Gasteiger partial charge in [0.15, 0.2) is 17.0 Å². The molecule has 1 N–H and O–H groups in total. The normalized spacial score (nSPS) is 21.8. The second kappa shape index (κ2) is 8.92. The van der Waals surface area contributed by atoms with E-state index in [9.17, 15) is 9.59 Å². The molecule has 2 atom stereocenters. The van der Waals surface area contributed by atoms with Crippen LogP contribution in [-0.2, 0) is 19.9 Å². The van der Waals surface area contributed by atoms with Crippen LogP contribution >= 0.6 is 0 Å². The fourth-order valence-corrected chi connectivity index (χ4v) is 5.61. The molecule has 8 heteroatoms. The van der Waals surface area contributed by atoms with Gasteiger partial charge in [-0.3, -0.25) is 9.59 Å². The van der Waals surface area contributed by atoms with Gasteiger partial charge in [-0.05, 0) is 31.5 Å². The van der Waals surface area contributed by atoms with Crippen molar-refractivity contribution in [1.29, 1.82) is 0 Å². The van der Waals surface area contributed by atoms with Crippen LogP contribution < -0.4 is 9.47 Å². The first-order valence-corrected chi connectivity index (χ1v) is 11.9. The molecule has 1 saturated heterocycles. The lowest BCUT2D eigenvalue weighted by Crippen LogP contribution is -2.67. The Labute approximate surface area is 204 Å². The highest BCUT2D eigenvalue weighted by Gasteiger charge is 2.56. The van der Waals surface area contributed by atoms with Crippen LogP contribution in [0.1, 0.15) is 36.6 Å². The van der Waals surface area contributed by atoms with Crippen molar-refractivity contribution in [2.75, 3.05) is 47.1 Å². The minimum atomic E-state index is -1.14. The van der Waals surface area contributed by atoms with Crippen LogP contribution in [0.25, 0.3) is 10.9 Å². The molecule has 0 aliphatic carbocycles. The molecular weight excluding hydrogens is 446 g/mol. The Kier molecular flexibility index (Phi) is 5.92. The zero-order valence-corrected chi connectivity index (χ0v) is 20.6. The number of benzene rings is 2. The van der Waals surface area contributed by atoms with Crippen LogP contribution in [0.2, 0.25) is 0 Å². The molecule has 2 aliphatic rings. The van der Waals surface area contributed by atoms with Crippen LogP contribution in [0.5, 0.6) is 11.5 Å². The van der Waals surface area contributed by atoms with Gasteiger partial charge in [-0.2, -0.15) is 0 Å². The zero-order valence-electron chi connectivity index (χ0n) is 20.6. The first-order chi connectivity index (χ1) is 16.9. The van der Waals surface area contributed by atoms with Crippen LogP contribution in [0.15, 0.2) is 42.5 Å². The van der Waals surface area contributed by atoms with Gasteiger partial charge in [0.05, 0.1) is 32.6 Å². The van der Waals surface area contributed by atoms with Crippen molar-refractivity contribution in [1.82, 2.24) is 14.8 Å². The van der Waals surface area contributed by atoms with Gasteiger partial charge in [-0.25, -0.2) is 0 Å². The van der Waals surface area contributed by atoms with Crippen molar-refractivity contribution in [3.8, 4) is 11.5 Å². The zero-order chi connectivity index (χ0) is 24.7. The number of H-pyrrole nitrogens is 1. The molecule has 2 aromatic carbocycles. The first-order valence-electron chi connectivity index (χ1n) is 11.9. The van der Waals surface area contributed by atoms with E-state index in [4.69, 9.17) is 14.2 Å². The summed E-state index contributed by atoms with van der Waals surface area (Å²) >= 11 is 0. The van der Waals surface area contributed by atoms with Crippen LogP contribution in [0.3, 0.4) is 0 Å². The number of carbonyl (C=O) groups is 2.